The van der Waals surface area contributed by atoms with E-state index < -0.39 is 11.7 Å². The van der Waals surface area contributed by atoms with Gasteiger partial charge in [-0.25, -0.2) is 0 Å². The van der Waals surface area contributed by atoms with Gasteiger partial charge >= 0.3 is 6.18 Å². The lowest BCUT2D eigenvalue weighted by Crippen LogP contribution is -2.39. The lowest BCUT2D eigenvalue weighted by molar-refractivity contribution is -0.137. The number of carbonyl (C=O) groups excluding carboxylic acids is 1. The summed E-state index contributed by atoms with van der Waals surface area (Å²) in [5.41, 5.74) is 2.54. The molecule has 0 atom stereocenters. The lowest BCUT2D eigenvalue weighted by Gasteiger charge is -2.33. The zero-order chi connectivity index (χ0) is 23.8. The molecule has 0 radical (unpaired) electrons. The van der Waals surface area contributed by atoms with Crippen molar-refractivity contribution in [2.75, 3.05) is 13.1 Å². The van der Waals surface area contributed by atoms with Gasteiger partial charge in [-0.1, -0.05) is 51.1 Å². The van der Waals surface area contributed by atoms with Crippen molar-refractivity contribution in [1.29, 1.82) is 0 Å². The van der Waals surface area contributed by atoms with Crippen molar-refractivity contribution < 1.29 is 18.0 Å². The Morgan fingerprint density at radius 3 is 2.21 bits per heavy atom. The molecule has 0 N–H and O–H groups in total. The van der Waals surface area contributed by atoms with E-state index in [1.807, 2.05) is 17.0 Å². The highest BCUT2D eigenvalue weighted by Crippen LogP contribution is 2.36. The van der Waals surface area contributed by atoms with Gasteiger partial charge < -0.3 is 9.47 Å². The van der Waals surface area contributed by atoms with Crippen LogP contribution in [0.5, 0.6) is 0 Å². The lowest BCUT2D eigenvalue weighted by atomic mass is 9.87. The van der Waals surface area contributed by atoms with E-state index in [2.05, 4.69) is 43.7 Å². The Morgan fingerprint density at radius 1 is 0.970 bits per heavy atom. The molecule has 6 heteroatoms. The molecular weight excluding hydrogens is 425 g/mol. The Hall–Kier alpha value is -2.76. The van der Waals surface area contributed by atoms with Crippen LogP contribution in [-0.2, 0) is 17.5 Å². The van der Waals surface area contributed by atoms with Crippen molar-refractivity contribution >= 4 is 16.8 Å². The van der Waals surface area contributed by atoms with Gasteiger partial charge in [0.2, 0.25) is 5.91 Å². The van der Waals surface area contributed by atoms with Crippen molar-refractivity contribution in [3.63, 3.8) is 0 Å². The highest BCUT2D eigenvalue weighted by atomic mass is 19.4. The van der Waals surface area contributed by atoms with Gasteiger partial charge in [-0.15, -0.1) is 0 Å². The number of benzene rings is 2. The molecule has 1 aliphatic heterocycles. The Morgan fingerprint density at radius 2 is 1.61 bits per heavy atom. The monoisotopic (exact) mass is 456 g/mol. The Bertz CT molecular complexity index is 1110. The quantitative estimate of drug-likeness (QED) is 0.421. The van der Waals surface area contributed by atoms with Gasteiger partial charge in [-0.3, -0.25) is 4.79 Å². The predicted octanol–water partition coefficient (Wildman–Crippen LogP) is 6.85. The van der Waals surface area contributed by atoms with E-state index in [4.69, 9.17) is 0 Å². The van der Waals surface area contributed by atoms with Crippen LogP contribution in [0.25, 0.3) is 10.9 Å². The predicted molar refractivity (Wildman–Crippen MR) is 125 cm³/mol. The number of hydrogen-bond acceptors (Lipinski definition) is 1. The molecule has 1 fully saturated rings. The molecule has 176 valence electrons. The normalized spacial score (nSPS) is 15.9. The van der Waals surface area contributed by atoms with Crippen molar-refractivity contribution in [3.8, 4) is 0 Å². The van der Waals surface area contributed by atoms with E-state index in [9.17, 15) is 18.0 Å². The highest BCUT2D eigenvalue weighted by molar-refractivity contribution is 5.84. The van der Waals surface area contributed by atoms with Gasteiger partial charge in [0, 0.05) is 43.2 Å². The SMILES string of the molecule is CC(C)(C)CC(=O)N1CCC(c2cn(Cc3ccc(C(F)(F)F)cc3)c3ccccc23)CC1. The van der Waals surface area contributed by atoms with Crippen LogP contribution in [0.2, 0.25) is 0 Å². The maximum Gasteiger partial charge on any atom is 0.416 e. The largest absolute Gasteiger partial charge is 0.416 e. The van der Waals surface area contributed by atoms with Gasteiger partial charge in [0.15, 0.2) is 0 Å². The molecule has 4 rings (SSSR count). The number of amides is 1. The smallest absolute Gasteiger partial charge is 0.343 e. The number of alkyl halides is 3. The van der Waals surface area contributed by atoms with Crippen LogP contribution in [0, 0.1) is 5.41 Å². The minimum Gasteiger partial charge on any atom is -0.343 e. The molecule has 1 aliphatic rings. The van der Waals surface area contributed by atoms with Crippen LogP contribution in [-0.4, -0.2) is 28.5 Å². The summed E-state index contributed by atoms with van der Waals surface area (Å²) < 4.78 is 40.8. The standard InChI is InChI=1S/C27H31F3N2O/c1-26(2,3)16-25(33)31-14-12-20(13-15-31)23-18-32(24-7-5-4-6-22(23)24)17-19-8-10-21(11-9-19)27(28,29)30/h4-11,18,20H,12-17H2,1-3H3. The molecule has 2 aromatic carbocycles. The fraction of sp³-hybridized carbons (Fsp3) is 0.444. The second kappa shape index (κ2) is 8.88. The second-order valence-electron chi connectivity index (χ2n) is 10.3. The van der Waals surface area contributed by atoms with Crippen LogP contribution in [0.3, 0.4) is 0 Å². The van der Waals surface area contributed by atoms with Crippen LogP contribution in [0.15, 0.2) is 54.7 Å². The number of rotatable bonds is 4. The van der Waals surface area contributed by atoms with Gasteiger partial charge in [-0.2, -0.15) is 13.2 Å². The Labute approximate surface area is 193 Å². The average Bonchev–Trinajstić information content (AvgIpc) is 3.11. The van der Waals surface area contributed by atoms with Crippen LogP contribution in [0.1, 0.15) is 62.6 Å². The molecule has 2 heterocycles. The summed E-state index contributed by atoms with van der Waals surface area (Å²) >= 11 is 0. The number of para-hydroxylation sites is 1. The molecule has 0 unspecified atom stereocenters. The van der Waals surface area contributed by atoms with Gasteiger partial charge in [-0.05, 0) is 53.5 Å². The number of likely N-dealkylation sites (tertiary alicyclic amines) is 1. The first-order valence-electron chi connectivity index (χ1n) is 11.5. The summed E-state index contributed by atoms with van der Waals surface area (Å²) in [7, 11) is 0. The maximum absolute atomic E-state index is 12.9. The summed E-state index contributed by atoms with van der Waals surface area (Å²) in [6.45, 7) is 8.30. The number of fused-ring (bicyclic) bond motifs is 1. The molecule has 3 aromatic rings. The highest BCUT2D eigenvalue weighted by Gasteiger charge is 2.30. The van der Waals surface area contributed by atoms with E-state index in [0.717, 1.165) is 49.1 Å². The molecule has 33 heavy (non-hydrogen) atoms. The molecule has 0 spiro atoms. The minimum absolute atomic E-state index is 0.0142. The molecule has 0 saturated carbocycles. The third-order valence-corrected chi connectivity index (χ3v) is 6.42. The fourth-order valence-corrected chi connectivity index (χ4v) is 4.73. The first-order valence-corrected chi connectivity index (χ1v) is 11.5. The van der Waals surface area contributed by atoms with Gasteiger partial charge in [0.25, 0.3) is 0 Å². The molecule has 1 aromatic heterocycles. The summed E-state index contributed by atoms with van der Waals surface area (Å²) in [5, 5.41) is 1.18. The van der Waals surface area contributed by atoms with Crippen molar-refractivity contribution in [2.24, 2.45) is 5.41 Å². The number of hydrogen-bond donors (Lipinski definition) is 0. The van der Waals surface area contributed by atoms with E-state index in [1.54, 1.807) is 12.1 Å². The molecular formula is C27H31F3N2O. The van der Waals surface area contributed by atoms with E-state index in [1.165, 1.54) is 10.9 Å². The summed E-state index contributed by atoms with van der Waals surface area (Å²) in [4.78, 5) is 14.6. The van der Waals surface area contributed by atoms with E-state index in [-0.39, 0.29) is 11.3 Å². The van der Waals surface area contributed by atoms with Crippen LogP contribution >= 0.6 is 0 Å². The number of halogens is 3. The Kier molecular flexibility index (Phi) is 6.30. The van der Waals surface area contributed by atoms with Gasteiger partial charge in [0.05, 0.1) is 5.56 Å². The number of aromatic nitrogens is 1. The minimum atomic E-state index is -4.32. The summed E-state index contributed by atoms with van der Waals surface area (Å²) in [6, 6.07) is 13.6. The molecule has 1 amide bonds. The summed E-state index contributed by atoms with van der Waals surface area (Å²) in [6.07, 6.45) is 0.229. The maximum atomic E-state index is 12.9. The average molecular weight is 457 g/mol. The molecule has 0 bridgehead atoms. The van der Waals surface area contributed by atoms with E-state index >= 15 is 0 Å². The summed E-state index contributed by atoms with van der Waals surface area (Å²) in [5.74, 6) is 0.591. The Balaban J connectivity index is 1.52. The number of piperidine rings is 1. The molecule has 1 saturated heterocycles. The first-order chi connectivity index (χ1) is 15.5. The van der Waals surface area contributed by atoms with E-state index in [0.29, 0.717) is 18.9 Å². The topological polar surface area (TPSA) is 25.2 Å². The molecule has 3 nitrogen and oxygen atoms in total. The third-order valence-electron chi connectivity index (χ3n) is 6.42. The third kappa shape index (κ3) is 5.43. The molecule has 0 aliphatic carbocycles. The number of carbonyl (C=O) groups is 1. The van der Waals surface area contributed by atoms with Crippen LogP contribution in [0.4, 0.5) is 13.2 Å². The first kappa shape index (κ1) is 23.4. The zero-order valence-corrected chi connectivity index (χ0v) is 19.5. The van der Waals surface area contributed by atoms with Gasteiger partial charge in [0.1, 0.15) is 0 Å². The zero-order valence-electron chi connectivity index (χ0n) is 19.5. The van der Waals surface area contributed by atoms with Crippen LogP contribution < -0.4 is 0 Å². The fourth-order valence-electron chi connectivity index (χ4n) is 4.73. The number of nitrogens with zero attached hydrogens (tertiary/aromatic N) is 2. The van der Waals surface area contributed by atoms with Crippen molar-refractivity contribution in [2.45, 2.75) is 58.7 Å². The van der Waals surface area contributed by atoms with Crippen molar-refractivity contribution in [1.82, 2.24) is 9.47 Å². The second-order valence-corrected chi connectivity index (χ2v) is 10.3. The van der Waals surface area contributed by atoms with Crippen molar-refractivity contribution in [3.05, 3.63) is 71.4 Å².